The maximum Gasteiger partial charge on any atom is 0.324 e. The molecule has 0 aliphatic rings. The molecule has 0 aliphatic heterocycles. The molecule has 0 saturated carbocycles. The Bertz CT molecular complexity index is 329. The second kappa shape index (κ2) is 4.43. The lowest BCUT2D eigenvalue weighted by molar-refractivity contribution is -0.380. The van der Waals surface area contributed by atoms with Crippen molar-refractivity contribution in [2.24, 2.45) is 5.73 Å². The number of halogens is 2. The second-order valence-corrected chi connectivity index (χ2v) is 3.60. The quantitative estimate of drug-likeness (QED) is 0.627. The van der Waals surface area contributed by atoms with Crippen LogP contribution in [0.5, 0.6) is 0 Å². The molecule has 0 saturated heterocycles. The smallest absolute Gasteiger partial charge is 0.324 e. The molecule has 0 aromatic carbocycles. The summed E-state index contributed by atoms with van der Waals surface area (Å²) in [5.41, 5.74) is 5.80. The van der Waals surface area contributed by atoms with Crippen LogP contribution in [0.25, 0.3) is 0 Å². The number of nitrogens with two attached hydrogens (primary N) is 1. The number of nitrogens with zero attached hydrogens (tertiary/aromatic N) is 1. The number of hydrogen-bond donors (Lipinski definition) is 1. The van der Waals surface area contributed by atoms with Crippen LogP contribution >= 0.6 is 11.3 Å². The summed E-state index contributed by atoms with van der Waals surface area (Å²) in [6, 6.07) is 0.400. The first-order chi connectivity index (χ1) is 6.50. The highest BCUT2D eigenvalue weighted by molar-refractivity contribution is 7.13. The van der Waals surface area contributed by atoms with Crippen LogP contribution in [0.4, 0.5) is 13.8 Å². The Morgan fingerprint density at radius 2 is 2.29 bits per heavy atom. The molecule has 7 heteroatoms. The van der Waals surface area contributed by atoms with Crippen LogP contribution in [0.15, 0.2) is 11.4 Å². The highest BCUT2D eigenvalue weighted by Crippen LogP contribution is 2.28. The van der Waals surface area contributed by atoms with Gasteiger partial charge in [0.1, 0.15) is 0 Å². The Morgan fingerprint density at radius 3 is 2.71 bits per heavy atom. The molecule has 0 radical (unpaired) electrons. The van der Waals surface area contributed by atoms with E-state index in [2.05, 4.69) is 0 Å². The van der Waals surface area contributed by atoms with E-state index in [1.807, 2.05) is 0 Å². The molecule has 1 aromatic rings. The molecule has 1 rings (SSSR count). The molecule has 1 aromatic heterocycles. The van der Waals surface area contributed by atoms with Gasteiger partial charge >= 0.3 is 5.00 Å². The standard InChI is InChI=1S/C7H8F2N2O2S/c8-6(9)2-5(10)4-1-7(11(12)13)14-3-4/h1,3,5-6H,2,10H2/t5-/m0/s1. The molecular formula is C7H8F2N2O2S. The number of rotatable bonds is 4. The van der Waals surface area contributed by atoms with E-state index >= 15 is 0 Å². The lowest BCUT2D eigenvalue weighted by Gasteiger charge is -2.07. The normalized spacial score (nSPS) is 13.1. The fourth-order valence-corrected chi connectivity index (χ4v) is 1.75. The summed E-state index contributed by atoms with van der Waals surface area (Å²) in [5.74, 6) is 0. The maximum atomic E-state index is 11.9. The second-order valence-electron chi connectivity index (χ2n) is 2.71. The predicted molar refractivity (Wildman–Crippen MR) is 48.5 cm³/mol. The van der Waals surface area contributed by atoms with Gasteiger partial charge in [-0.1, -0.05) is 11.3 Å². The molecule has 1 heterocycles. The zero-order valence-corrected chi connectivity index (χ0v) is 7.84. The summed E-state index contributed by atoms with van der Waals surface area (Å²) in [4.78, 5) is 9.72. The third-order valence-corrected chi connectivity index (χ3v) is 2.54. The van der Waals surface area contributed by atoms with Crippen LogP contribution in [0, 0.1) is 10.1 Å². The monoisotopic (exact) mass is 222 g/mol. The van der Waals surface area contributed by atoms with Gasteiger partial charge in [0.15, 0.2) is 0 Å². The van der Waals surface area contributed by atoms with Gasteiger partial charge in [0.25, 0.3) is 0 Å². The minimum atomic E-state index is -2.50. The Morgan fingerprint density at radius 1 is 1.64 bits per heavy atom. The van der Waals surface area contributed by atoms with Crippen LogP contribution in [-0.2, 0) is 0 Å². The average molecular weight is 222 g/mol. The van der Waals surface area contributed by atoms with E-state index in [1.165, 1.54) is 11.4 Å². The third kappa shape index (κ3) is 2.71. The predicted octanol–water partition coefficient (Wildman–Crippen LogP) is 2.31. The van der Waals surface area contributed by atoms with Crippen LogP contribution in [0.1, 0.15) is 18.0 Å². The van der Waals surface area contributed by atoms with Crippen molar-refractivity contribution >= 4 is 16.3 Å². The summed E-state index contributed by atoms with van der Waals surface area (Å²) in [6.07, 6.45) is -2.97. The molecule has 0 spiro atoms. The minimum Gasteiger partial charge on any atom is -0.324 e. The zero-order chi connectivity index (χ0) is 10.7. The number of hydrogen-bond acceptors (Lipinski definition) is 4. The SMILES string of the molecule is N[C@@H](CC(F)F)c1csc([N+](=O)[O-])c1. The van der Waals surface area contributed by atoms with Crippen molar-refractivity contribution in [1.82, 2.24) is 0 Å². The van der Waals surface area contributed by atoms with Gasteiger partial charge in [0.05, 0.1) is 4.92 Å². The first-order valence-corrected chi connectivity index (χ1v) is 4.65. The van der Waals surface area contributed by atoms with Crippen LogP contribution in [0.3, 0.4) is 0 Å². The van der Waals surface area contributed by atoms with E-state index in [0.29, 0.717) is 5.56 Å². The van der Waals surface area contributed by atoms with Gasteiger partial charge in [0.2, 0.25) is 6.43 Å². The highest BCUT2D eigenvalue weighted by Gasteiger charge is 2.17. The van der Waals surface area contributed by atoms with Crippen LogP contribution < -0.4 is 5.73 Å². The molecule has 4 nitrogen and oxygen atoms in total. The van der Waals surface area contributed by atoms with Crippen molar-refractivity contribution in [1.29, 1.82) is 0 Å². The molecule has 2 N–H and O–H groups in total. The Balaban J connectivity index is 2.71. The molecule has 1 atom stereocenters. The van der Waals surface area contributed by atoms with Gasteiger partial charge in [-0.05, 0) is 5.56 Å². The Kier molecular flexibility index (Phi) is 3.48. The molecule has 0 aliphatic carbocycles. The first kappa shape index (κ1) is 11.0. The lowest BCUT2D eigenvalue weighted by Crippen LogP contribution is -2.12. The Hall–Kier alpha value is -1.08. The van der Waals surface area contributed by atoms with Gasteiger partial charge in [-0.25, -0.2) is 8.78 Å². The first-order valence-electron chi connectivity index (χ1n) is 3.77. The third-order valence-electron chi connectivity index (χ3n) is 1.65. The fraction of sp³-hybridized carbons (Fsp3) is 0.429. The van der Waals surface area contributed by atoms with Crippen molar-refractivity contribution in [3.63, 3.8) is 0 Å². The zero-order valence-electron chi connectivity index (χ0n) is 7.02. The summed E-state index contributed by atoms with van der Waals surface area (Å²) < 4.78 is 23.9. The summed E-state index contributed by atoms with van der Waals surface area (Å²) in [5, 5.41) is 11.6. The van der Waals surface area contributed by atoms with Crippen molar-refractivity contribution in [3.05, 3.63) is 27.1 Å². The van der Waals surface area contributed by atoms with Crippen molar-refractivity contribution < 1.29 is 13.7 Å². The van der Waals surface area contributed by atoms with Crippen LogP contribution in [-0.4, -0.2) is 11.3 Å². The summed E-state index contributed by atoms with van der Waals surface area (Å²) in [6.45, 7) is 0. The molecule has 0 fully saturated rings. The van der Waals surface area contributed by atoms with E-state index in [9.17, 15) is 18.9 Å². The van der Waals surface area contributed by atoms with Crippen molar-refractivity contribution in [2.75, 3.05) is 0 Å². The van der Waals surface area contributed by atoms with Crippen molar-refractivity contribution in [3.8, 4) is 0 Å². The van der Waals surface area contributed by atoms with E-state index in [4.69, 9.17) is 5.73 Å². The van der Waals surface area contributed by atoms with Gasteiger partial charge in [-0.15, -0.1) is 0 Å². The number of nitro groups is 1. The number of alkyl halides is 2. The molecule has 14 heavy (non-hydrogen) atoms. The average Bonchev–Trinajstić information content (AvgIpc) is 2.50. The molecule has 78 valence electrons. The van der Waals surface area contributed by atoms with E-state index < -0.39 is 23.8 Å². The molecular weight excluding hydrogens is 214 g/mol. The fourth-order valence-electron chi connectivity index (χ4n) is 0.957. The van der Waals surface area contributed by atoms with Crippen molar-refractivity contribution in [2.45, 2.75) is 18.9 Å². The molecule has 0 bridgehead atoms. The van der Waals surface area contributed by atoms with E-state index in [-0.39, 0.29) is 5.00 Å². The Labute approximate surface area is 82.5 Å². The van der Waals surface area contributed by atoms with Gasteiger partial charge < -0.3 is 5.73 Å². The van der Waals surface area contributed by atoms with Crippen LogP contribution in [0.2, 0.25) is 0 Å². The summed E-state index contributed by atoms with van der Waals surface area (Å²) in [7, 11) is 0. The lowest BCUT2D eigenvalue weighted by atomic mass is 10.1. The highest BCUT2D eigenvalue weighted by atomic mass is 32.1. The molecule has 0 unspecified atom stereocenters. The number of thiophene rings is 1. The summed E-state index contributed by atoms with van der Waals surface area (Å²) >= 11 is 0.889. The largest absolute Gasteiger partial charge is 0.324 e. The van der Waals surface area contributed by atoms with E-state index in [0.717, 1.165) is 11.3 Å². The van der Waals surface area contributed by atoms with E-state index in [1.54, 1.807) is 0 Å². The van der Waals surface area contributed by atoms with Gasteiger partial charge in [0, 0.05) is 23.9 Å². The minimum absolute atomic E-state index is 0.0790. The topological polar surface area (TPSA) is 69.2 Å². The maximum absolute atomic E-state index is 11.9. The molecule has 0 amide bonds. The van der Waals surface area contributed by atoms with Gasteiger partial charge in [-0.2, -0.15) is 0 Å². The van der Waals surface area contributed by atoms with Gasteiger partial charge in [-0.3, -0.25) is 10.1 Å².